The van der Waals surface area contributed by atoms with Gasteiger partial charge in [-0.05, 0) is 0 Å². The summed E-state index contributed by atoms with van der Waals surface area (Å²) in [5.41, 5.74) is -1.35. The molecule has 0 aromatic rings. The minimum absolute atomic E-state index is 0.0835. The first kappa shape index (κ1) is 22.4. The van der Waals surface area contributed by atoms with Crippen LogP contribution < -0.4 is 10.6 Å². The van der Waals surface area contributed by atoms with E-state index < -0.39 is 53.0 Å². The molecule has 27 heavy (non-hydrogen) atoms. The molecule has 11 nitrogen and oxygen atoms in total. The van der Waals surface area contributed by atoms with Gasteiger partial charge in [0.2, 0.25) is 5.91 Å². The molecule has 1 saturated heterocycles. The Labute approximate surface area is 158 Å². The van der Waals surface area contributed by atoms with Gasteiger partial charge < -0.3 is 25.2 Å². The van der Waals surface area contributed by atoms with E-state index in [0.717, 1.165) is 0 Å². The van der Waals surface area contributed by atoms with Crippen LogP contribution in [-0.2, 0) is 38.2 Å². The number of nitrogens with one attached hydrogen (secondary N) is 2. The molecule has 0 spiro atoms. The Morgan fingerprint density at radius 2 is 1.85 bits per heavy atom. The van der Waals surface area contributed by atoms with Crippen molar-refractivity contribution < 1.29 is 43.3 Å². The Bertz CT molecular complexity index is 647. The van der Waals surface area contributed by atoms with Gasteiger partial charge in [-0.25, -0.2) is 14.4 Å². The zero-order valence-electron chi connectivity index (χ0n) is 14.7. The fraction of sp³-hybridized carbons (Fsp3) is 0.600. The van der Waals surface area contributed by atoms with Gasteiger partial charge in [0, 0.05) is 30.7 Å². The van der Waals surface area contributed by atoms with E-state index in [2.05, 4.69) is 10.6 Å². The number of esters is 2. The van der Waals surface area contributed by atoms with Crippen molar-refractivity contribution >= 4 is 46.6 Å². The topological polar surface area (TPSA) is 165 Å². The Kier molecular flexibility index (Phi) is 8.22. The zero-order chi connectivity index (χ0) is 20.6. The van der Waals surface area contributed by atoms with Crippen LogP contribution in [0.25, 0.3) is 0 Å². The van der Waals surface area contributed by atoms with Crippen LogP contribution in [0.5, 0.6) is 0 Å². The van der Waals surface area contributed by atoms with Crippen molar-refractivity contribution in [2.24, 2.45) is 5.41 Å². The first-order valence-electron chi connectivity index (χ1n) is 7.87. The van der Waals surface area contributed by atoms with Gasteiger partial charge in [0.15, 0.2) is 6.10 Å². The van der Waals surface area contributed by atoms with Crippen LogP contribution in [0.2, 0.25) is 0 Å². The summed E-state index contributed by atoms with van der Waals surface area (Å²) in [4.78, 5) is 69.6. The Hall–Kier alpha value is -2.63. The van der Waals surface area contributed by atoms with Gasteiger partial charge >= 0.3 is 17.9 Å². The number of carboxylic acid groups (broad SMARTS) is 1. The number of aliphatic carboxylic acids is 1. The average molecular weight is 404 g/mol. The van der Waals surface area contributed by atoms with Crippen LogP contribution >= 0.6 is 11.8 Å². The van der Waals surface area contributed by atoms with E-state index in [1.165, 1.54) is 13.8 Å². The Morgan fingerprint density at radius 3 is 2.48 bits per heavy atom. The largest absolute Gasteiger partial charge is 0.473 e. The van der Waals surface area contributed by atoms with Crippen LogP contribution in [-0.4, -0.2) is 71.5 Å². The SMILES string of the molecule is CC1(C)COC(=O)C(=O)SCCNC(=O)CCNC(=O)[C@@H]1OC(=O)C(=O)O. The fourth-order valence-corrected chi connectivity index (χ4v) is 2.55. The Morgan fingerprint density at radius 1 is 1.19 bits per heavy atom. The van der Waals surface area contributed by atoms with Gasteiger partial charge in [-0.15, -0.1) is 0 Å². The zero-order valence-corrected chi connectivity index (χ0v) is 15.6. The summed E-state index contributed by atoms with van der Waals surface area (Å²) in [7, 11) is 0. The predicted octanol–water partition coefficient (Wildman–Crippen LogP) is -1.55. The number of cyclic esters (lactones) is 1. The summed E-state index contributed by atoms with van der Waals surface area (Å²) in [6.07, 6.45) is -1.72. The van der Waals surface area contributed by atoms with Crippen molar-refractivity contribution in [1.29, 1.82) is 0 Å². The highest BCUT2D eigenvalue weighted by Gasteiger charge is 2.41. The molecule has 1 atom stereocenters. The molecule has 2 amide bonds. The molecule has 0 aromatic carbocycles. The van der Waals surface area contributed by atoms with E-state index in [1.54, 1.807) is 0 Å². The molecule has 0 aromatic heterocycles. The maximum atomic E-state index is 12.4. The second-order valence-corrected chi connectivity index (χ2v) is 7.25. The number of hydrogen-bond donors (Lipinski definition) is 3. The number of hydrogen-bond acceptors (Lipinski definition) is 9. The molecule has 0 radical (unpaired) electrons. The predicted molar refractivity (Wildman–Crippen MR) is 90.4 cm³/mol. The first-order valence-corrected chi connectivity index (χ1v) is 8.85. The number of carbonyl (C=O) groups excluding carboxylic acids is 5. The molecule has 3 N–H and O–H groups in total. The van der Waals surface area contributed by atoms with Gasteiger partial charge in [-0.3, -0.25) is 14.4 Å². The Balaban J connectivity index is 3.02. The fourth-order valence-electron chi connectivity index (χ4n) is 1.98. The van der Waals surface area contributed by atoms with Crippen LogP contribution in [0.1, 0.15) is 20.3 Å². The lowest BCUT2D eigenvalue weighted by molar-refractivity contribution is -0.177. The molecular formula is C15H20N2O9S. The molecule has 1 aliphatic heterocycles. The van der Waals surface area contributed by atoms with Crippen LogP contribution in [0.15, 0.2) is 0 Å². The van der Waals surface area contributed by atoms with Crippen LogP contribution in [0.4, 0.5) is 0 Å². The summed E-state index contributed by atoms with van der Waals surface area (Å²) >= 11 is 0.660. The molecular weight excluding hydrogens is 384 g/mol. The highest BCUT2D eigenvalue weighted by Crippen LogP contribution is 2.25. The summed E-state index contributed by atoms with van der Waals surface area (Å²) in [5.74, 6) is -5.85. The lowest BCUT2D eigenvalue weighted by Gasteiger charge is -2.31. The molecule has 1 fully saturated rings. The number of carbonyl (C=O) groups is 6. The number of amides is 2. The monoisotopic (exact) mass is 404 g/mol. The van der Waals surface area contributed by atoms with Crippen molar-refractivity contribution in [3.63, 3.8) is 0 Å². The highest BCUT2D eigenvalue weighted by molar-refractivity contribution is 8.15. The van der Waals surface area contributed by atoms with Gasteiger partial charge in [-0.1, -0.05) is 25.6 Å². The summed E-state index contributed by atoms with van der Waals surface area (Å²) in [5, 5.41) is 12.7. The summed E-state index contributed by atoms with van der Waals surface area (Å²) < 4.78 is 9.59. The minimum Gasteiger partial charge on any atom is -0.473 e. The van der Waals surface area contributed by atoms with Crippen LogP contribution in [0, 0.1) is 5.41 Å². The van der Waals surface area contributed by atoms with E-state index in [1.807, 2.05) is 0 Å². The van der Waals surface area contributed by atoms with Gasteiger partial charge in [-0.2, -0.15) is 0 Å². The van der Waals surface area contributed by atoms with E-state index in [0.29, 0.717) is 11.8 Å². The second-order valence-electron chi connectivity index (χ2n) is 6.18. The molecule has 1 heterocycles. The average Bonchev–Trinajstić information content (AvgIpc) is 2.59. The minimum atomic E-state index is -1.91. The molecule has 12 heteroatoms. The van der Waals surface area contributed by atoms with Gasteiger partial charge in [0.05, 0.1) is 0 Å². The van der Waals surface area contributed by atoms with Crippen molar-refractivity contribution in [2.45, 2.75) is 26.4 Å². The lowest BCUT2D eigenvalue weighted by Crippen LogP contribution is -2.50. The normalized spacial score (nSPS) is 22.4. The highest BCUT2D eigenvalue weighted by atomic mass is 32.2. The third kappa shape index (κ3) is 7.25. The van der Waals surface area contributed by atoms with Crippen molar-refractivity contribution in [3.05, 3.63) is 0 Å². The molecule has 1 rings (SSSR count). The van der Waals surface area contributed by atoms with Gasteiger partial charge in [0.25, 0.3) is 11.0 Å². The molecule has 150 valence electrons. The molecule has 0 saturated carbocycles. The summed E-state index contributed by atoms with van der Waals surface area (Å²) in [6.45, 7) is 2.35. The first-order chi connectivity index (χ1) is 12.5. The standard InChI is InChI=1S/C15H20N2O9S/c1-15(2)7-25-13(23)14(24)27-6-5-16-8(18)3-4-17-10(19)9(15)26-12(22)11(20)21/h9H,3-7H2,1-2H3,(H,16,18)(H,17,19)(H,20,21)/t9-/m0/s1. The lowest BCUT2D eigenvalue weighted by atomic mass is 9.86. The van der Waals surface area contributed by atoms with E-state index in [9.17, 15) is 28.8 Å². The maximum absolute atomic E-state index is 12.4. The number of rotatable bonds is 1. The number of carboxylic acids is 1. The second kappa shape index (κ2) is 9.90. The van der Waals surface area contributed by atoms with E-state index in [4.69, 9.17) is 14.6 Å². The van der Waals surface area contributed by atoms with Crippen molar-refractivity contribution in [1.82, 2.24) is 10.6 Å². The smallest absolute Gasteiger partial charge is 0.418 e. The molecule has 0 unspecified atom stereocenters. The third-order valence-corrected chi connectivity index (χ3v) is 4.24. The van der Waals surface area contributed by atoms with E-state index in [-0.39, 0.29) is 25.3 Å². The number of ether oxygens (including phenoxy) is 2. The van der Waals surface area contributed by atoms with E-state index >= 15 is 0 Å². The maximum Gasteiger partial charge on any atom is 0.418 e. The third-order valence-electron chi connectivity index (χ3n) is 3.40. The quantitative estimate of drug-likeness (QED) is 0.344. The van der Waals surface area contributed by atoms with Gasteiger partial charge in [0.1, 0.15) is 6.61 Å². The van der Waals surface area contributed by atoms with Crippen molar-refractivity contribution in [3.8, 4) is 0 Å². The summed E-state index contributed by atoms with van der Waals surface area (Å²) in [6, 6.07) is 0. The molecule has 1 aliphatic rings. The molecule has 0 aliphatic carbocycles. The van der Waals surface area contributed by atoms with Crippen molar-refractivity contribution in [2.75, 3.05) is 25.4 Å². The van der Waals surface area contributed by atoms with Crippen LogP contribution in [0.3, 0.4) is 0 Å². The molecule has 0 bridgehead atoms. The number of thioether (sulfide) groups is 1.